The summed E-state index contributed by atoms with van der Waals surface area (Å²) >= 11 is 0. The van der Waals surface area contributed by atoms with Crippen molar-refractivity contribution in [3.63, 3.8) is 0 Å². The lowest BCUT2D eigenvalue weighted by atomic mass is 10.1. The average Bonchev–Trinajstić information content (AvgIpc) is 3.09. The van der Waals surface area contributed by atoms with Crippen molar-refractivity contribution in [1.29, 1.82) is 0 Å². The number of carbonyl (C=O) groups excluding carboxylic acids is 1. The van der Waals surface area contributed by atoms with Gasteiger partial charge in [-0.1, -0.05) is 0 Å². The molecule has 6 rings (SSSR count). The molecule has 2 saturated heterocycles. The maximum Gasteiger partial charge on any atom is 0.320 e. The van der Waals surface area contributed by atoms with Gasteiger partial charge in [-0.25, -0.2) is 4.98 Å². The third kappa shape index (κ3) is 3.48. The van der Waals surface area contributed by atoms with Gasteiger partial charge < -0.3 is 30.0 Å². The second kappa shape index (κ2) is 7.26. The second-order valence-corrected chi connectivity index (χ2v) is 9.53. The SMILES string of the molecule is CC1(C)O[C@@H]2[C@H](O1)[C@@H](C(=O)NC1CC1)O[C@H]2n1cnc2c(N)nc(OC3CCCC3)nc21. The summed E-state index contributed by atoms with van der Waals surface area (Å²) in [5, 5.41) is 3.01. The normalized spacial score (nSPS) is 31.8. The molecule has 0 bridgehead atoms. The minimum atomic E-state index is -0.837. The van der Waals surface area contributed by atoms with E-state index in [0.717, 1.165) is 38.5 Å². The van der Waals surface area contributed by atoms with Crippen molar-refractivity contribution in [3.8, 4) is 6.01 Å². The molecule has 172 valence electrons. The van der Waals surface area contributed by atoms with Crippen LogP contribution in [0, 0.1) is 0 Å². The standard InChI is InChI=1S/C21H28N6O5/c1-21(2)31-13-14(18(28)24-10-7-8-10)30-19(15(13)32-21)27-9-23-12-16(22)25-20(26-17(12)27)29-11-5-3-4-6-11/h9-11,13-15,19H,3-8H2,1-2H3,(H,24,28)(H2,22,25,26)/t13-,14+,15-,19-/m1/s1. The van der Waals surface area contributed by atoms with Crippen molar-refractivity contribution in [2.24, 2.45) is 0 Å². The van der Waals surface area contributed by atoms with Crippen LogP contribution in [0.5, 0.6) is 6.01 Å². The fourth-order valence-electron chi connectivity index (χ4n) is 4.83. The molecule has 3 N–H and O–H groups in total. The van der Waals surface area contributed by atoms with E-state index < -0.39 is 30.3 Å². The first-order chi connectivity index (χ1) is 15.4. The number of imidazole rings is 1. The summed E-state index contributed by atoms with van der Waals surface area (Å²) in [5.74, 6) is -0.783. The number of nitrogens with one attached hydrogen (secondary N) is 1. The summed E-state index contributed by atoms with van der Waals surface area (Å²) in [6, 6.07) is 0.445. The maximum atomic E-state index is 12.9. The van der Waals surface area contributed by atoms with E-state index in [0.29, 0.717) is 11.2 Å². The van der Waals surface area contributed by atoms with Crippen LogP contribution in [0.2, 0.25) is 0 Å². The Morgan fingerprint density at radius 3 is 2.69 bits per heavy atom. The van der Waals surface area contributed by atoms with Crippen molar-refractivity contribution in [1.82, 2.24) is 24.8 Å². The number of nitrogens with two attached hydrogens (primary N) is 1. The van der Waals surface area contributed by atoms with Crippen LogP contribution < -0.4 is 15.8 Å². The lowest BCUT2D eigenvalue weighted by Crippen LogP contribution is -2.43. The molecule has 11 nitrogen and oxygen atoms in total. The number of nitrogens with zero attached hydrogens (tertiary/aromatic N) is 4. The summed E-state index contributed by atoms with van der Waals surface area (Å²) < 4.78 is 26.1. The minimum absolute atomic E-state index is 0.0956. The third-order valence-corrected chi connectivity index (χ3v) is 6.49. The zero-order valence-electron chi connectivity index (χ0n) is 18.2. The average molecular weight is 444 g/mol. The van der Waals surface area contributed by atoms with E-state index in [1.807, 2.05) is 13.8 Å². The second-order valence-electron chi connectivity index (χ2n) is 9.53. The highest BCUT2D eigenvalue weighted by molar-refractivity contribution is 5.83. The van der Waals surface area contributed by atoms with Crippen LogP contribution in [0.15, 0.2) is 6.33 Å². The van der Waals surface area contributed by atoms with E-state index >= 15 is 0 Å². The summed E-state index contributed by atoms with van der Waals surface area (Å²) in [7, 11) is 0. The van der Waals surface area contributed by atoms with Crippen molar-refractivity contribution < 1.29 is 23.7 Å². The van der Waals surface area contributed by atoms with Crippen LogP contribution in [-0.2, 0) is 19.0 Å². The number of anilines is 1. The Labute approximate surface area is 185 Å². The molecular formula is C21H28N6O5. The molecule has 4 fully saturated rings. The first-order valence-corrected chi connectivity index (χ1v) is 11.4. The van der Waals surface area contributed by atoms with Crippen molar-refractivity contribution in [2.75, 3.05) is 5.73 Å². The van der Waals surface area contributed by atoms with Gasteiger partial charge in [0.05, 0.1) is 6.33 Å². The Bertz CT molecular complexity index is 1050. The highest BCUT2D eigenvalue weighted by Gasteiger charge is 2.58. The van der Waals surface area contributed by atoms with Gasteiger partial charge in [-0.3, -0.25) is 9.36 Å². The molecule has 2 aromatic rings. The van der Waals surface area contributed by atoms with Gasteiger partial charge in [0.15, 0.2) is 35.1 Å². The molecule has 2 aliphatic carbocycles. The quantitative estimate of drug-likeness (QED) is 0.702. The minimum Gasteiger partial charge on any atom is -0.460 e. The third-order valence-electron chi connectivity index (χ3n) is 6.49. The molecule has 4 aliphatic rings. The Morgan fingerprint density at radius 1 is 1.19 bits per heavy atom. The van der Waals surface area contributed by atoms with Gasteiger partial charge in [-0.05, 0) is 52.4 Å². The molecule has 32 heavy (non-hydrogen) atoms. The van der Waals surface area contributed by atoms with Crippen molar-refractivity contribution >= 4 is 22.9 Å². The van der Waals surface area contributed by atoms with Gasteiger partial charge in [0, 0.05) is 6.04 Å². The molecule has 11 heteroatoms. The molecule has 0 unspecified atom stereocenters. The highest BCUT2D eigenvalue weighted by Crippen LogP contribution is 2.44. The number of fused-ring (bicyclic) bond motifs is 2. The van der Waals surface area contributed by atoms with Gasteiger partial charge >= 0.3 is 6.01 Å². The number of hydrogen-bond donors (Lipinski definition) is 2. The number of carbonyl (C=O) groups is 1. The molecule has 2 saturated carbocycles. The fourth-order valence-corrected chi connectivity index (χ4v) is 4.83. The number of nitrogen functional groups attached to an aromatic ring is 1. The van der Waals surface area contributed by atoms with Crippen LogP contribution in [0.4, 0.5) is 5.82 Å². The molecule has 0 spiro atoms. The zero-order valence-corrected chi connectivity index (χ0v) is 18.2. The van der Waals surface area contributed by atoms with Crippen LogP contribution in [0.25, 0.3) is 11.2 Å². The molecule has 4 atom stereocenters. The Balaban J connectivity index is 1.34. The van der Waals surface area contributed by atoms with Crippen LogP contribution in [0.3, 0.4) is 0 Å². The van der Waals surface area contributed by atoms with Crippen molar-refractivity contribution in [3.05, 3.63) is 6.33 Å². The van der Waals surface area contributed by atoms with Gasteiger partial charge in [-0.15, -0.1) is 0 Å². The number of amides is 1. The molecule has 2 aliphatic heterocycles. The predicted molar refractivity (Wildman–Crippen MR) is 112 cm³/mol. The smallest absolute Gasteiger partial charge is 0.320 e. The van der Waals surface area contributed by atoms with Gasteiger partial charge in [0.2, 0.25) is 0 Å². The maximum absolute atomic E-state index is 12.9. The molecule has 4 heterocycles. The lowest BCUT2D eigenvalue weighted by Gasteiger charge is -2.24. The largest absolute Gasteiger partial charge is 0.460 e. The number of rotatable bonds is 5. The summed E-state index contributed by atoms with van der Waals surface area (Å²) in [5.41, 5.74) is 7.09. The molecule has 1 amide bonds. The Hall–Kier alpha value is -2.50. The van der Waals surface area contributed by atoms with E-state index in [9.17, 15) is 4.79 Å². The van der Waals surface area contributed by atoms with Gasteiger partial charge in [0.25, 0.3) is 5.91 Å². The monoisotopic (exact) mass is 444 g/mol. The summed E-state index contributed by atoms with van der Waals surface area (Å²) in [6.45, 7) is 3.66. The van der Waals surface area contributed by atoms with E-state index in [1.165, 1.54) is 0 Å². The first-order valence-electron chi connectivity index (χ1n) is 11.4. The molecular weight excluding hydrogens is 416 g/mol. The van der Waals surface area contributed by atoms with E-state index in [-0.39, 0.29) is 29.9 Å². The van der Waals surface area contributed by atoms with Gasteiger partial charge in [0.1, 0.15) is 18.3 Å². The van der Waals surface area contributed by atoms with E-state index in [4.69, 9.17) is 24.7 Å². The van der Waals surface area contributed by atoms with Crippen LogP contribution in [-0.4, -0.2) is 61.7 Å². The molecule has 0 aromatic carbocycles. The topological polar surface area (TPSA) is 136 Å². The lowest BCUT2D eigenvalue weighted by molar-refractivity contribution is -0.197. The Kier molecular flexibility index (Phi) is 4.57. The van der Waals surface area contributed by atoms with Crippen molar-refractivity contribution in [2.45, 2.75) is 94.8 Å². The molecule has 2 aromatic heterocycles. The summed E-state index contributed by atoms with van der Waals surface area (Å²) in [4.78, 5) is 26.1. The Morgan fingerprint density at radius 2 is 1.94 bits per heavy atom. The number of hydrogen-bond acceptors (Lipinski definition) is 9. The number of ether oxygens (including phenoxy) is 4. The van der Waals surface area contributed by atoms with Gasteiger partial charge in [-0.2, -0.15) is 9.97 Å². The van der Waals surface area contributed by atoms with E-state index in [2.05, 4.69) is 20.3 Å². The fraction of sp³-hybridized carbons (Fsp3) is 0.714. The first kappa shape index (κ1) is 20.1. The summed E-state index contributed by atoms with van der Waals surface area (Å²) in [6.07, 6.45) is 5.40. The predicted octanol–water partition coefficient (Wildman–Crippen LogP) is 1.43. The van der Waals surface area contributed by atoms with Crippen LogP contribution >= 0.6 is 0 Å². The zero-order chi connectivity index (χ0) is 22.0. The highest BCUT2D eigenvalue weighted by atomic mass is 16.8. The van der Waals surface area contributed by atoms with Crippen LogP contribution in [0.1, 0.15) is 58.6 Å². The molecule has 0 radical (unpaired) electrons. The van der Waals surface area contributed by atoms with E-state index in [1.54, 1.807) is 10.9 Å². The number of aromatic nitrogens is 4.